The maximum Gasteiger partial charge on any atom is 1.00 e. The van der Waals surface area contributed by atoms with Crippen LogP contribution in [-0.4, -0.2) is 47.8 Å². The van der Waals surface area contributed by atoms with Crippen LogP contribution in [0.1, 0.15) is 7.85 Å². The van der Waals surface area contributed by atoms with Crippen LogP contribution in [0.25, 0.3) is 0 Å². The first-order valence-electron chi connectivity index (χ1n) is 3.60. The summed E-state index contributed by atoms with van der Waals surface area (Å²) in [5.41, 5.74) is 0. The van der Waals surface area contributed by atoms with Gasteiger partial charge in [0.2, 0.25) is 0 Å². The third kappa shape index (κ3) is 11.2. The molecule has 0 radical (unpaired) electrons. The summed E-state index contributed by atoms with van der Waals surface area (Å²) in [6, 6.07) is 0. The summed E-state index contributed by atoms with van der Waals surface area (Å²) in [5.74, 6) is 0.258. The number of hydrogen-bond acceptors (Lipinski definition) is 5. The van der Waals surface area contributed by atoms with Gasteiger partial charge >= 0.3 is 29.6 Å². The molecule has 14 heavy (non-hydrogen) atoms. The second-order valence-corrected chi connectivity index (χ2v) is 5.88. The predicted octanol–water partition coefficient (Wildman–Crippen LogP) is -2.38. The molecule has 0 aromatic heterocycles. The van der Waals surface area contributed by atoms with Gasteiger partial charge in [-0.3, -0.25) is 0 Å². The molecule has 0 unspecified atom stereocenters. The minimum absolute atomic E-state index is 0. The van der Waals surface area contributed by atoms with Crippen molar-refractivity contribution >= 4 is 38.4 Å². The minimum atomic E-state index is -4.06. The Kier molecular flexibility index (Phi) is 10.4. The van der Waals surface area contributed by atoms with Crippen molar-refractivity contribution in [1.82, 2.24) is 4.90 Å². The van der Waals surface area contributed by atoms with Gasteiger partial charge in [0.05, 0.1) is 10.1 Å². The molecule has 0 rings (SSSR count). The van der Waals surface area contributed by atoms with E-state index in [1.807, 2.05) is 14.1 Å². The molecule has 8 heteroatoms. The molecule has 0 heterocycles. The van der Waals surface area contributed by atoms with Gasteiger partial charge in [-0.25, -0.2) is 8.42 Å². The first kappa shape index (κ1) is 17.5. The van der Waals surface area contributed by atoms with Gasteiger partial charge in [0.1, 0.15) is 4.32 Å². The topological polar surface area (TPSA) is 60.4 Å². The fourth-order valence-corrected chi connectivity index (χ4v) is 2.18. The SMILES string of the molecule is CN(C)C(=S)SCCCS(=O)(=O)[O-].[H-].[Na+]. The van der Waals surface area contributed by atoms with Crippen LogP contribution in [0, 0.1) is 0 Å². The van der Waals surface area contributed by atoms with Gasteiger partial charge in [-0.2, -0.15) is 0 Å². The quantitative estimate of drug-likeness (QED) is 0.245. The summed E-state index contributed by atoms with van der Waals surface area (Å²) in [5, 5.41) is 0. The van der Waals surface area contributed by atoms with Crippen molar-refractivity contribution in [2.45, 2.75) is 6.42 Å². The minimum Gasteiger partial charge on any atom is -1.00 e. The van der Waals surface area contributed by atoms with Crippen LogP contribution in [-0.2, 0) is 10.1 Å². The summed E-state index contributed by atoms with van der Waals surface area (Å²) < 4.78 is 31.3. The normalized spacial score (nSPS) is 10.5. The summed E-state index contributed by atoms with van der Waals surface area (Å²) in [4.78, 5) is 1.77. The number of thiocarbonyl (C=S) groups is 1. The van der Waals surface area contributed by atoms with Crippen molar-refractivity contribution in [3.63, 3.8) is 0 Å². The number of rotatable bonds is 4. The van der Waals surface area contributed by atoms with E-state index >= 15 is 0 Å². The molecule has 0 aliphatic rings. The molecule has 0 spiro atoms. The average molecular weight is 266 g/mol. The van der Waals surface area contributed by atoms with Gasteiger partial charge in [-0.05, 0) is 6.42 Å². The number of hydrogen-bond donors (Lipinski definition) is 0. The van der Waals surface area contributed by atoms with E-state index in [1.165, 1.54) is 11.8 Å². The van der Waals surface area contributed by atoms with Crippen LogP contribution in [0.15, 0.2) is 0 Å². The van der Waals surface area contributed by atoms with E-state index in [0.29, 0.717) is 16.5 Å². The van der Waals surface area contributed by atoms with E-state index in [-0.39, 0.29) is 36.7 Å². The summed E-state index contributed by atoms with van der Waals surface area (Å²) in [6.07, 6.45) is 0.352. The summed E-state index contributed by atoms with van der Waals surface area (Å²) >= 11 is 6.33. The Balaban J connectivity index is -0.000000720. The first-order chi connectivity index (χ1) is 5.83. The van der Waals surface area contributed by atoms with E-state index in [2.05, 4.69) is 0 Å². The third-order valence-corrected chi connectivity index (χ3v) is 3.74. The number of thioether (sulfide) groups is 1. The molecule has 0 amide bonds. The van der Waals surface area contributed by atoms with E-state index in [0.717, 1.165) is 0 Å². The molecule has 0 aromatic rings. The van der Waals surface area contributed by atoms with Gasteiger partial charge in [0.25, 0.3) is 0 Å². The molecule has 0 atom stereocenters. The van der Waals surface area contributed by atoms with Crippen molar-refractivity contribution in [3.05, 3.63) is 0 Å². The van der Waals surface area contributed by atoms with Crippen molar-refractivity contribution < 1.29 is 44.0 Å². The van der Waals surface area contributed by atoms with Gasteiger partial charge in [0, 0.05) is 25.6 Å². The van der Waals surface area contributed by atoms with E-state index in [1.54, 1.807) is 4.90 Å². The smallest absolute Gasteiger partial charge is 1.00 e. The Hall–Kier alpha value is 1.15. The molecule has 0 saturated heterocycles. The fraction of sp³-hybridized carbons (Fsp3) is 0.833. The van der Waals surface area contributed by atoms with Gasteiger partial charge in [-0.15, -0.1) is 0 Å². The molecule has 0 aromatic carbocycles. The fourth-order valence-electron chi connectivity index (χ4n) is 0.524. The zero-order valence-electron chi connectivity index (χ0n) is 9.52. The second-order valence-electron chi connectivity index (χ2n) is 2.62. The van der Waals surface area contributed by atoms with Crippen molar-refractivity contribution in [3.8, 4) is 0 Å². The average Bonchev–Trinajstić information content (AvgIpc) is 1.95. The van der Waals surface area contributed by atoms with Gasteiger partial charge in [-0.1, -0.05) is 24.0 Å². The van der Waals surface area contributed by atoms with E-state index in [9.17, 15) is 13.0 Å². The van der Waals surface area contributed by atoms with E-state index in [4.69, 9.17) is 12.2 Å². The molecule has 0 N–H and O–H groups in total. The Labute approximate surface area is 118 Å². The van der Waals surface area contributed by atoms with Crippen LogP contribution in [0.2, 0.25) is 0 Å². The molecule has 0 aliphatic carbocycles. The van der Waals surface area contributed by atoms with Crippen molar-refractivity contribution in [1.29, 1.82) is 0 Å². The molecule has 80 valence electrons. The molecule has 0 saturated carbocycles. The molecule has 0 bridgehead atoms. The Morgan fingerprint density at radius 1 is 1.57 bits per heavy atom. The first-order valence-corrected chi connectivity index (χ1v) is 6.57. The van der Waals surface area contributed by atoms with Crippen molar-refractivity contribution in [2.75, 3.05) is 25.6 Å². The maximum atomic E-state index is 10.2. The maximum absolute atomic E-state index is 10.2. The zero-order valence-corrected chi connectivity index (χ0v) is 13.0. The van der Waals surface area contributed by atoms with E-state index < -0.39 is 10.1 Å². The van der Waals surface area contributed by atoms with Crippen LogP contribution < -0.4 is 29.6 Å². The predicted molar refractivity (Wildman–Crippen MR) is 59.0 cm³/mol. The van der Waals surface area contributed by atoms with Crippen LogP contribution in [0.5, 0.6) is 0 Å². The van der Waals surface area contributed by atoms with Crippen molar-refractivity contribution in [2.24, 2.45) is 0 Å². The Morgan fingerprint density at radius 3 is 2.43 bits per heavy atom. The molecule has 4 nitrogen and oxygen atoms in total. The number of nitrogens with zero attached hydrogens (tertiary/aromatic N) is 1. The van der Waals surface area contributed by atoms with Crippen LogP contribution in [0.4, 0.5) is 0 Å². The third-order valence-electron chi connectivity index (χ3n) is 1.13. The van der Waals surface area contributed by atoms with Crippen LogP contribution in [0.3, 0.4) is 0 Å². The second kappa shape index (κ2) is 8.32. The Morgan fingerprint density at radius 2 is 2.07 bits per heavy atom. The largest absolute Gasteiger partial charge is 1.00 e. The standard InChI is InChI=1S/C6H13NO3S3.Na.H/c1-7(2)6(11)12-4-3-5-13(8,9)10;;/h3-5H2,1-2H3,(H,8,9,10);;/q;+1;-1/p-1. The summed E-state index contributed by atoms with van der Waals surface area (Å²) in [6.45, 7) is 0. The molecule has 0 aliphatic heterocycles. The molecular weight excluding hydrogens is 253 g/mol. The zero-order chi connectivity index (χ0) is 10.5. The van der Waals surface area contributed by atoms with Gasteiger partial charge in [0.15, 0.2) is 0 Å². The molecule has 0 fully saturated rings. The van der Waals surface area contributed by atoms with Crippen LogP contribution >= 0.6 is 24.0 Å². The molecular formula is C6H13NNaO3S3-. The Bertz CT molecular complexity index is 271. The monoisotopic (exact) mass is 266 g/mol. The van der Waals surface area contributed by atoms with Gasteiger partial charge < -0.3 is 10.9 Å². The summed E-state index contributed by atoms with van der Waals surface area (Å²) in [7, 11) is -0.424.